The number of phenols is 1. The second-order valence-electron chi connectivity index (χ2n) is 13.6. The van der Waals surface area contributed by atoms with Crippen LogP contribution in [0.25, 0.3) is 0 Å². The van der Waals surface area contributed by atoms with Gasteiger partial charge < -0.3 is 37.2 Å². The van der Waals surface area contributed by atoms with E-state index in [-0.39, 0.29) is 18.6 Å². The van der Waals surface area contributed by atoms with Crippen molar-refractivity contribution in [2.24, 2.45) is 5.73 Å². The number of hydrogen-bond acceptors (Lipinski definition) is 9. The normalized spacial score (nSPS) is 24.8. The monoisotopic (exact) mass is 699 g/mol. The van der Waals surface area contributed by atoms with E-state index in [1.165, 1.54) is 33.7 Å². The molecule has 1 aliphatic carbocycles. The van der Waals surface area contributed by atoms with Crippen molar-refractivity contribution >= 4 is 51.2 Å². The molecule has 4 atom stereocenters. The molecule has 1 saturated heterocycles. The number of aliphatic carboxylic acids is 1. The third-order valence-corrected chi connectivity index (χ3v) is 13.1. The number of rotatable bonds is 7. The zero-order valence-electron chi connectivity index (χ0n) is 27.6. The SMILES string of the molecule is CC1(C)SSC(C)(C)[C@H](C(=O)O)NC(=O)[C@H](Cc2ccccc2)NC(=O)C2(CCCC2)NC(=O)C1NC(=O)[C@@H](N)Cc1ccc(O)cc1. The summed E-state index contributed by atoms with van der Waals surface area (Å²) < 4.78 is -2.16. The summed E-state index contributed by atoms with van der Waals surface area (Å²) in [4.78, 5) is 68.2. The van der Waals surface area contributed by atoms with Gasteiger partial charge >= 0.3 is 5.97 Å². The first kappa shape index (κ1) is 37.1. The second kappa shape index (κ2) is 15.2. The average molecular weight is 700 g/mol. The number of carboxylic acid groups (broad SMARTS) is 1. The number of phenolic OH excluding ortho intramolecular Hbond substituents is 1. The van der Waals surface area contributed by atoms with Crippen LogP contribution in [0.4, 0.5) is 0 Å². The lowest BCUT2D eigenvalue weighted by Crippen LogP contribution is -2.67. The van der Waals surface area contributed by atoms with E-state index >= 15 is 0 Å². The topological polar surface area (TPSA) is 200 Å². The maximum absolute atomic E-state index is 14.3. The Morgan fingerprint density at radius 3 is 2.10 bits per heavy atom. The molecule has 1 aliphatic heterocycles. The summed E-state index contributed by atoms with van der Waals surface area (Å²) in [6.07, 6.45) is 2.19. The van der Waals surface area contributed by atoms with Gasteiger partial charge in [0.1, 0.15) is 29.4 Å². The quantitative estimate of drug-likeness (QED) is 0.211. The molecule has 2 aromatic rings. The predicted molar refractivity (Wildman–Crippen MR) is 186 cm³/mol. The zero-order valence-corrected chi connectivity index (χ0v) is 29.2. The highest BCUT2D eigenvalue weighted by Crippen LogP contribution is 2.47. The molecule has 14 heteroatoms. The Morgan fingerprint density at radius 1 is 0.896 bits per heavy atom. The fraction of sp³-hybridized carbons (Fsp3) is 0.500. The molecule has 1 spiro atoms. The summed E-state index contributed by atoms with van der Waals surface area (Å²) in [5, 5.41) is 31.2. The summed E-state index contributed by atoms with van der Waals surface area (Å²) in [5.41, 5.74) is 6.40. The lowest BCUT2D eigenvalue weighted by molar-refractivity contribution is -0.143. The Morgan fingerprint density at radius 2 is 1.50 bits per heavy atom. The van der Waals surface area contributed by atoms with Gasteiger partial charge in [-0.2, -0.15) is 0 Å². The van der Waals surface area contributed by atoms with Gasteiger partial charge in [-0.05, 0) is 70.2 Å². The highest BCUT2D eigenvalue weighted by Gasteiger charge is 2.49. The standard InChI is InChI=1S/C34H45N5O7S2/c1-32(2)25(37-27(41)23(35)18-21-12-14-22(40)15-13-21)29(43)39-34(16-8-9-17-34)31(46)36-24(19-20-10-6-5-7-11-20)28(42)38-26(30(44)45)33(3,4)48-47-32/h5-7,10-15,23-26,40H,8-9,16-19,35H2,1-4H3,(H,36,46)(H,37,41)(H,38,42)(H,39,43)(H,44,45)/t23-,24-,25?,26-/m0/s1. The molecule has 0 aromatic heterocycles. The second-order valence-corrected chi connectivity index (χ2v) is 17.0. The molecule has 4 amide bonds. The first-order valence-corrected chi connectivity index (χ1v) is 18.1. The zero-order chi connectivity index (χ0) is 35.3. The van der Waals surface area contributed by atoms with E-state index in [9.17, 15) is 34.2 Å². The maximum Gasteiger partial charge on any atom is 0.327 e. The summed E-state index contributed by atoms with van der Waals surface area (Å²) >= 11 is 0. The third kappa shape index (κ3) is 9.03. The van der Waals surface area contributed by atoms with Crippen molar-refractivity contribution in [3.05, 3.63) is 65.7 Å². The van der Waals surface area contributed by atoms with Gasteiger partial charge in [0.15, 0.2) is 0 Å². The number of aromatic hydroxyl groups is 1. The Bertz CT molecular complexity index is 1500. The molecule has 1 heterocycles. The van der Waals surface area contributed by atoms with Gasteiger partial charge in [-0.15, -0.1) is 0 Å². The van der Waals surface area contributed by atoms with Crippen molar-refractivity contribution in [3.8, 4) is 5.75 Å². The first-order valence-electron chi connectivity index (χ1n) is 15.9. The minimum absolute atomic E-state index is 0.0772. The molecule has 8 N–H and O–H groups in total. The van der Waals surface area contributed by atoms with E-state index in [4.69, 9.17) is 5.73 Å². The fourth-order valence-electron chi connectivity index (χ4n) is 5.92. The van der Waals surface area contributed by atoms with Gasteiger partial charge in [0.05, 0.1) is 10.8 Å². The molecule has 4 rings (SSSR count). The van der Waals surface area contributed by atoms with Crippen LogP contribution in [-0.4, -0.2) is 79.0 Å². The molecule has 1 saturated carbocycles. The smallest absolute Gasteiger partial charge is 0.327 e. The fourth-order valence-corrected chi connectivity index (χ4v) is 8.73. The Balaban J connectivity index is 1.70. The van der Waals surface area contributed by atoms with E-state index in [0.717, 1.165) is 5.56 Å². The summed E-state index contributed by atoms with van der Waals surface area (Å²) in [5.74, 6) is -3.57. The van der Waals surface area contributed by atoms with Crippen LogP contribution in [-0.2, 0) is 36.8 Å². The molecule has 2 fully saturated rings. The summed E-state index contributed by atoms with van der Waals surface area (Å²) in [6.45, 7) is 6.83. The van der Waals surface area contributed by atoms with E-state index in [2.05, 4.69) is 21.3 Å². The molecule has 1 unspecified atom stereocenters. The van der Waals surface area contributed by atoms with Gasteiger partial charge in [0.25, 0.3) is 0 Å². The largest absolute Gasteiger partial charge is 0.508 e. The summed E-state index contributed by atoms with van der Waals surface area (Å²) in [6, 6.07) is 10.6. The molecular weight excluding hydrogens is 655 g/mol. The highest BCUT2D eigenvalue weighted by atomic mass is 33.1. The van der Waals surface area contributed by atoms with Gasteiger partial charge in [-0.3, -0.25) is 19.2 Å². The molecule has 2 aromatic carbocycles. The molecule has 0 bridgehead atoms. The van der Waals surface area contributed by atoms with Crippen LogP contribution < -0.4 is 27.0 Å². The number of carbonyl (C=O) groups excluding carboxylic acids is 4. The van der Waals surface area contributed by atoms with Gasteiger partial charge in [-0.1, -0.05) is 76.9 Å². The minimum atomic E-state index is -1.36. The van der Waals surface area contributed by atoms with E-state index in [0.29, 0.717) is 31.2 Å². The van der Waals surface area contributed by atoms with Gasteiger partial charge in [0, 0.05) is 11.2 Å². The van der Waals surface area contributed by atoms with Crippen LogP contribution in [0, 0.1) is 0 Å². The Hall–Kier alpha value is -3.75. The Kier molecular flexibility index (Phi) is 11.7. The first-order chi connectivity index (χ1) is 22.5. The van der Waals surface area contributed by atoms with Crippen LogP contribution in [0.5, 0.6) is 5.75 Å². The molecule has 48 heavy (non-hydrogen) atoms. The average Bonchev–Trinajstić information content (AvgIpc) is 3.51. The molecular formula is C34H45N5O7S2. The Labute approximate surface area is 288 Å². The number of carboxylic acids is 1. The highest BCUT2D eigenvalue weighted by molar-refractivity contribution is 8.77. The van der Waals surface area contributed by atoms with Gasteiger partial charge in [0.2, 0.25) is 23.6 Å². The maximum atomic E-state index is 14.3. The van der Waals surface area contributed by atoms with Crippen molar-refractivity contribution in [1.29, 1.82) is 0 Å². The van der Waals surface area contributed by atoms with E-state index in [1.54, 1.807) is 52.0 Å². The number of carbonyl (C=O) groups is 5. The van der Waals surface area contributed by atoms with Crippen molar-refractivity contribution < 1.29 is 34.2 Å². The van der Waals surface area contributed by atoms with Crippen LogP contribution in [0.1, 0.15) is 64.5 Å². The van der Waals surface area contributed by atoms with Crippen molar-refractivity contribution in [1.82, 2.24) is 21.3 Å². The van der Waals surface area contributed by atoms with Crippen LogP contribution in [0.15, 0.2) is 54.6 Å². The van der Waals surface area contributed by atoms with E-state index < -0.39 is 68.8 Å². The number of hydrogen-bond donors (Lipinski definition) is 7. The third-order valence-electron chi connectivity index (χ3n) is 8.83. The van der Waals surface area contributed by atoms with Crippen molar-refractivity contribution in [3.63, 3.8) is 0 Å². The summed E-state index contributed by atoms with van der Waals surface area (Å²) in [7, 11) is 2.37. The van der Waals surface area contributed by atoms with E-state index in [1.807, 2.05) is 18.2 Å². The van der Waals surface area contributed by atoms with Crippen LogP contribution in [0.2, 0.25) is 0 Å². The number of benzene rings is 2. The van der Waals surface area contributed by atoms with Crippen molar-refractivity contribution in [2.75, 3.05) is 0 Å². The molecule has 12 nitrogen and oxygen atoms in total. The molecule has 0 radical (unpaired) electrons. The minimum Gasteiger partial charge on any atom is -0.508 e. The van der Waals surface area contributed by atoms with Crippen LogP contribution >= 0.6 is 21.6 Å². The molecule has 260 valence electrons. The van der Waals surface area contributed by atoms with Crippen molar-refractivity contribution in [2.45, 2.75) is 105 Å². The number of nitrogens with one attached hydrogen (secondary N) is 4. The molecule has 2 aliphatic rings. The predicted octanol–water partition coefficient (Wildman–Crippen LogP) is 2.42. The number of nitrogens with two attached hydrogens (primary N) is 1. The van der Waals surface area contributed by atoms with Crippen LogP contribution in [0.3, 0.4) is 0 Å². The lowest BCUT2D eigenvalue weighted by atomic mass is 9.92. The lowest BCUT2D eigenvalue weighted by Gasteiger charge is -2.40. The van der Waals surface area contributed by atoms with Gasteiger partial charge in [-0.25, -0.2) is 4.79 Å². The number of amides is 4.